The summed E-state index contributed by atoms with van der Waals surface area (Å²) in [5.74, 6) is -0.201. The molecule has 1 aliphatic rings. The summed E-state index contributed by atoms with van der Waals surface area (Å²) in [4.78, 5) is 19.1. The highest BCUT2D eigenvalue weighted by Gasteiger charge is 2.19. The van der Waals surface area contributed by atoms with Gasteiger partial charge in [-0.3, -0.25) is 9.69 Å². The van der Waals surface area contributed by atoms with E-state index in [1.807, 2.05) is 24.4 Å². The van der Waals surface area contributed by atoms with Crippen molar-refractivity contribution in [2.24, 2.45) is 0 Å². The van der Waals surface area contributed by atoms with E-state index in [1.165, 1.54) is 11.3 Å². The molecule has 0 saturated carbocycles. The third kappa shape index (κ3) is 3.59. The molecule has 4 rings (SSSR count). The smallest absolute Gasteiger partial charge is 0.280 e. The second kappa shape index (κ2) is 7.71. The van der Waals surface area contributed by atoms with Crippen molar-refractivity contribution in [3.05, 3.63) is 39.9 Å². The van der Waals surface area contributed by atoms with E-state index in [1.54, 1.807) is 10.7 Å². The summed E-state index contributed by atoms with van der Waals surface area (Å²) in [5.41, 5.74) is 2.31. The number of hydrogen-bond donors (Lipinski definition) is 1. The number of thiazole rings is 1. The molecule has 0 radical (unpaired) electrons. The lowest BCUT2D eigenvalue weighted by Crippen LogP contribution is -2.41. The number of hydrogen-bond acceptors (Lipinski definition) is 6. The van der Waals surface area contributed by atoms with Gasteiger partial charge in [0.25, 0.3) is 5.91 Å². The predicted octanol–water partition coefficient (Wildman–Crippen LogP) is 2.17. The fourth-order valence-corrected chi connectivity index (χ4v) is 4.00. The molecule has 1 fully saturated rings. The largest absolute Gasteiger partial charge is 0.379 e. The number of ether oxygens (including phenoxy) is 1. The van der Waals surface area contributed by atoms with Crippen LogP contribution in [0.3, 0.4) is 0 Å². The molecular formula is C17H18ClN5O2S. The van der Waals surface area contributed by atoms with E-state index in [9.17, 15) is 4.79 Å². The third-order valence-electron chi connectivity index (χ3n) is 4.28. The lowest BCUT2D eigenvalue weighted by molar-refractivity contribution is 0.0383. The normalized spacial score (nSPS) is 15.4. The molecule has 3 aromatic heterocycles. The van der Waals surface area contributed by atoms with Crippen molar-refractivity contribution in [1.29, 1.82) is 0 Å². The van der Waals surface area contributed by atoms with E-state index >= 15 is 0 Å². The van der Waals surface area contributed by atoms with Gasteiger partial charge in [-0.15, -0.1) is 0 Å². The van der Waals surface area contributed by atoms with Crippen LogP contribution < -0.4 is 5.32 Å². The third-order valence-corrected chi connectivity index (χ3v) is 5.53. The molecule has 0 spiro atoms. The zero-order valence-corrected chi connectivity index (χ0v) is 15.6. The molecule has 1 amide bonds. The highest BCUT2D eigenvalue weighted by Crippen LogP contribution is 2.34. The number of pyridine rings is 1. The number of nitrogens with one attached hydrogen (secondary N) is 1. The van der Waals surface area contributed by atoms with Crippen molar-refractivity contribution in [1.82, 2.24) is 24.8 Å². The minimum Gasteiger partial charge on any atom is -0.379 e. The van der Waals surface area contributed by atoms with E-state index in [0.717, 1.165) is 43.9 Å². The summed E-state index contributed by atoms with van der Waals surface area (Å²) < 4.78 is 7.56. The van der Waals surface area contributed by atoms with Crippen molar-refractivity contribution < 1.29 is 9.53 Å². The Kier molecular flexibility index (Phi) is 5.16. The van der Waals surface area contributed by atoms with Gasteiger partial charge in [0.15, 0.2) is 5.01 Å². The lowest BCUT2D eigenvalue weighted by atomic mass is 10.2. The number of rotatable bonds is 5. The summed E-state index contributed by atoms with van der Waals surface area (Å²) >= 11 is 7.54. The van der Waals surface area contributed by atoms with Crippen LogP contribution in [0.1, 0.15) is 9.80 Å². The molecule has 1 saturated heterocycles. The monoisotopic (exact) mass is 391 g/mol. The van der Waals surface area contributed by atoms with Gasteiger partial charge < -0.3 is 10.1 Å². The van der Waals surface area contributed by atoms with E-state index in [4.69, 9.17) is 16.3 Å². The van der Waals surface area contributed by atoms with E-state index in [2.05, 4.69) is 20.3 Å². The first-order valence-corrected chi connectivity index (χ1v) is 9.59. The minimum absolute atomic E-state index is 0.201. The Morgan fingerprint density at radius 3 is 3.04 bits per heavy atom. The maximum absolute atomic E-state index is 12.4. The van der Waals surface area contributed by atoms with Gasteiger partial charge in [0.05, 0.1) is 24.9 Å². The van der Waals surface area contributed by atoms with Crippen LogP contribution >= 0.6 is 22.9 Å². The number of aromatic nitrogens is 3. The fraction of sp³-hybridized carbons (Fsp3) is 0.353. The minimum atomic E-state index is -0.201. The Balaban J connectivity index is 1.45. The van der Waals surface area contributed by atoms with Crippen LogP contribution in [0.15, 0.2) is 30.6 Å². The molecule has 0 unspecified atom stereocenters. The molecule has 0 atom stereocenters. The van der Waals surface area contributed by atoms with Crippen molar-refractivity contribution in [2.45, 2.75) is 0 Å². The highest BCUT2D eigenvalue weighted by molar-refractivity contribution is 7.18. The lowest BCUT2D eigenvalue weighted by Gasteiger charge is -2.26. The number of fused-ring (bicyclic) bond motifs is 1. The number of morpholine rings is 1. The Labute approximate surface area is 159 Å². The molecule has 0 bridgehead atoms. The zero-order valence-electron chi connectivity index (χ0n) is 14.0. The molecule has 1 N–H and O–H groups in total. The fourth-order valence-electron chi connectivity index (χ4n) is 2.91. The van der Waals surface area contributed by atoms with E-state index in [-0.39, 0.29) is 5.91 Å². The van der Waals surface area contributed by atoms with Crippen molar-refractivity contribution >= 4 is 34.4 Å². The first kappa shape index (κ1) is 17.4. The van der Waals surface area contributed by atoms with Gasteiger partial charge in [-0.2, -0.15) is 5.10 Å². The van der Waals surface area contributed by atoms with Gasteiger partial charge in [0, 0.05) is 37.9 Å². The standard InChI is InChI=1S/C17H18ClN5O2S/c18-15-14(12-11-20-23-5-2-1-3-13(12)23)21-17(26-15)16(24)19-4-6-22-7-9-25-10-8-22/h1-3,5,11H,4,6-10H2,(H,19,24). The van der Waals surface area contributed by atoms with Gasteiger partial charge >= 0.3 is 0 Å². The van der Waals surface area contributed by atoms with Crippen LogP contribution in [0.2, 0.25) is 4.34 Å². The molecule has 0 aromatic carbocycles. The van der Waals surface area contributed by atoms with Gasteiger partial charge in [0.2, 0.25) is 0 Å². The second-order valence-corrected chi connectivity index (χ2v) is 7.54. The van der Waals surface area contributed by atoms with Gasteiger partial charge in [-0.25, -0.2) is 9.50 Å². The summed E-state index contributed by atoms with van der Waals surface area (Å²) in [6, 6.07) is 5.78. The second-order valence-electron chi connectivity index (χ2n) is 5.94. The van der Waals surface area contributed by atoms with Crippen molar-refractivity contribution in [2.75, 3.05) is 39.4 Å². The highest BCUT2D eigenvalue weighted by atomic mass is 35.5. The summed E-state index contributed by atoms with van der Waals surface area (Å²) in [6.45, 7) is 4.67. The first-order chi connectivity index (χ1) is 12.7. The molecule has 0 aliphatic carbocycles. The Hall–Kier alpha value is -2.00. The Morgan fingerprint density at radius 1 is 1.35 bits per heavy atom. The number of amides is 1. The molecule has 3 aromatic rings. The molecular weight excluding hydrogens is 374 g/mol. The quantitative estimate of drug-likeness (QED) is 0.721. The van der Waals surface area contributed by atoms with Gasteiger partial charge in [-0.1, -0.05) is 29.0 Å². The number of carbonyl (C=O) groups excluding carboxylic acids is 1. The molecule has 1 aliphatic heterocycles. The van der Waals surface area contributed by atoms with Crippen LogP contribution in [0.25, 0.3) is 16.8 Å². The number of halogens is 1. The van der Waals surface area contributed by atoms with Crippen LogP contribution in [0, 0.1) is 0 Å². The average Bonchev–Trinajstić information content (AvgIpc) is 3.26. The maximum Gasteiger partial charge on any atom is 0.280 e. The zero-order chi connectivity index (χ0) is 17.9. The summed E-state index contributed by atoms with van der Waals surface area (Å²) in [7, 11) is 0. The topological polar surface area (TPSA) is 71.8 Å². The first-order valence-electron chi connectivity index (χ1n) is 8.40. The van der Waals surface area contributed by atoms with Gasteiger partial charge in [-0.05, 0) is 12.1 Å². The molecule has 26 heavy (non-hydrogen) atoms. The van der Waals surface area contributed by atoms with Crippen LogP contribution in [-0.4, -0.2) is 64.8 Å². The molecule has 136 valence electrons. The molecule has 9 heteroatoms. The van der Waals surface area contributed by atoms with Crippen LogP contribution in [0.5, 0.6) is 0 Å². The maximum atomic E-state index is 12.4. The molecule has 7 nitrogen and oxygen atoms in total. The van der Waals surface area contributed by atoms with Crippen LogP contribution in [0.4, 0.5) is 0 Å². The van der Waals surface area contributed by atoms with E-state index in [0.29, 0.717) is 21.6 Å². The summed E-state index contributed by atoms with van der Waals surface area (Å²) in [5, 5.41) is 7.58. The molecule has 4 heterocycles. The number of nitrogens with zero attached hydrogens (tertiary/aromatic N) is 4. The van der Waals surface area contributed by atoms with E-state index < -0.39 is 0 Å². The SMILES string of the molecule is O=C(NCCN1CCOCC1)c1nc(-c2cnn3ccccc23)c(Cl)s1. The van der Waals surface area contributed by atoms with Gasteiger partial charge in [0.1, 0.15) is 10.0 Å². The van der Waals surface area contributed by atoms with Crippen molar-refractivity contribution in [3.8, 4) is 11.3 Å². The Morgan fingerprint density at radius 2 is 2.19 bits per heavy atom. The summed E-state index contributed by atoms with van der Waals surface area (Å²) in [6.07, 6.45) is 3.58. The average molecular weight is 392 g/mol. The number of carbonyl (C=O) groups is 1. The van der Waals surface area contributed by atoms with Crippen LogP contribution in [-0.2, 0) is 4.74 Å². The van der Waals surface area contributed by atoms with Crippen molar-refractivity contribution in [3.63, 3.8) is 0 Å². The predicted molar refractivity (Wildman–Crippen MR) is 101 cm³/mol. The Bertz CT molecular complexity index is 919.